The number of nitrogens with zero attached hydrogens (tertiary/aromatic N) is 1. The molecule has 2 amide bonds. The minimum absolute atomic E-state index is 0.235. The highest BCUT2D eigenvalue weighted by molar-refractivity contribution is 9.10. The lowest BCUT2D eigenvalue weighted by Crippen LogP contribution is -2.28. The van der Waals surface area contributed by atoms with Crippen molar-refractivity contribution in [1.82, 2.24) is 10.3 Å². The van der Waals surface area contributed by atoms with E-state index >= 15 is 0 Å². The van der Waals surface area contributed by atoms with E-state index in [4.69, 9.17) is 0 Å². The van der Waals surface area contributed by atoms with Gasteiger partial charge < -0.3 is 10.6 Å². The van der Waals surface area contributed by atoms with Gasteiger partial charge in [-0.25, -0.2) is 4.79 Å². The van der Waals surface area contributed by atoms with Crippen LogP contribution in [0.3, 0.4) is 0 Å². The second-order valence-electron chi connectivity index (χ2n) is 3.67. The van der Waals surface area contributed by atoms with Crippen molar-refractivity contribution in [3.8, 4) is 0 Å². The smallest absolute Gasteiger partial charge is 0.319 e. The fraction of sp³-hybridized carbons (Fsp3) is 0.0769. The Hall–Kier alpha value is -1.88. The Morgan fingerprint density at radius 3 is 2.72 bits per heavy atom. The average Bonchev–Trinajstić information content (AvgIpc) is 2.38. The van der Waals surface area contributed by atoms with Crippen LogP contribution in [0.4, 0.5) is 10.5 Å². The molecule has 0 saturated heterocycles. The molecular formula is C13H12BrN3O. The van der Waals surface area contributed by atoms with Gasteiger partial charge in [0, 0.05) is 29.1 Å². The Morgan fingerprint density at radius 1 is 1.22 bits per heavy atom. The molecule has 0 aliphatic heterocycles. The predicted molar refractivity (Wildman–Crippen MR) is 74.2 cm³/mol. The van der Waals surface area contributed by atoms with Crippen molar-refractivity contribution in [2.24, 2.45) is 0 Å². The zero-order chi connectivity index (χ0) is 12.8. The molecule has 18 heavy (non-hydrogen) atoms. The molecule has 0 atom stereocenters. The number of hydrogen-bond acceptors (Lipinski definition) is 2. The van der Waals surface area contributed by atoms with Gasteiger partial charge in [0.2, 0.25) is 0 Å². The molecule has 4 nitrogen and oxygen atoms in total. The van der Waals surface area contributed by atoms with Crippen LogP contribution in [0.1, 0.15) is 5.56 Å². The maximum absolute atomic E-state index is 11.6. The van der Waals surface area contributed by atoms with E-state index in [0.717, 1.165) is 15.7 Å². The molecule has 0 fully saturated rings. The van der Waals surface area contributed by atoms with Gasteiger partial charge in [0.1, 0.15) is 0 Å². The number of pyridine rings is 1. The molecule has 2 aromatic rings. The van der Waals surface area contributed by atoms with Gasteiger partial charge in [0.05, 0.1) is 0 Å². The highest BCUT2D eigenvalue weighted by atomic mass is 79.9. The molecule has 0 bridgehead atoms. The third-order valence-corrected chi connectivity index (χ3v) is 2.77. The molecule has 1 aromatic carbocycles. The van der Waals surface area contributed by atoms with Gasteiger partial charge in [-0.3, -0.25) is 4.98 Å². The van der Waals surface area contributed by atoms with Crippen LogP contribution in [0.5, 0.6) is 0 Å². The molecule has 0 aliphatic rings. The first kappa shape index (κ1) is 12.6. The number of halogens is 1. The average molecular weight is 306 g/mol. The van der Waals surface area contributed by atoms with E-state index in [0.29, 0.717) is 6.54 Å². The van der Waals surface area contributed by atoms with Crippen molar-refractivity contribution in [3.63, 3.8) is 0 Å². The summed E-state index contributed by atoms with van der Waals surface area (Å²) in [6, 6.07) is 11.0. The van der Waals surface area contributed by atoms with Crippen LogP contribution in [0.2, 0.25) is 0 Å². The number of nitrogens with one attached hydrogen (secondary N) is 2. The second kappa shape index (κ2) is 6.16. The Kier molecular flexibility index (Phi) is 4.30. The van der Waals surface area contributed by atoms with Crippen LogP contribution in [0.25, 0.3) is 0 Å². The van der Waals surface area contributed by atoms with Crippen LogP contribution < -0.4 is 10.6 Å². The van der Waals surface area contributed by atoms with Crippen molar-refractivity contribution < 1.29 is 4.79 Å². The zero-order valence-electron chi connectivity index (χ0n) is 9.56. The number of anilines is 1. The van der Waals surface area contributed by atoms with Crippen molar-refractivity contribution >= 4 is 27.6 Å². The summed E-state index contributed by atoms with van der Waals surface area (Å²) in [6.07, 6.45) is 3.26. The van der Waals surface area contributed by atoms with Gasteiger partial charge in [-0.05, 0) is 29.8 Å². The second-order valence-corrected chi connectivity index (χ2v) is 4.59. The van der Waals surface area contributed by atoms with Gasteiger partial charge in [-0.15, -0.1) is 0 Å². The highest BCUT2D eigenvalue weighted by Crippen LogP contribution is 2.11. The molecule has 0 spiro atoms. The first-order valence-corrected chi connectivity index (χ1v) is 6.22. The Balaban J connectivity index is 1.85. The number of amides is 2. The molecular weight excluding hydrogens is 294 g/mol. The first-order valence-electron chi connectivity index (χ1n) is 5.43. The summed E-state index contributed by atoms with van der Waals surface area (Å²) in [5, 5.41) is 5.51. The van der Waals surface area contributed by atoms with Gasteiger partial charge in [-0.1, -0.05) is 28.1 Å². The monoisotopic (exact) mass is 305 g/mol. The van der Waals surface area contributed by atoms with E-state index in [9.17, 15) is 4.79 Å². The summed E-state index contributed by atoms with van der Waals surface area (Å²) in [4.78, 5) is 15.5. The van der Waals surface area contributed by atoms with Gasteiger partial charge in [0.25, 0.3) is 0 Å². The SMILES string of the molecule is O=C(NCc1cccc(Br)c1)Nc1ccncc1. The summed E-state index contributed by atoms with van der Waals surface area (Å²) >= 11 is 3.39. The van der Waals surface area contributed by atoms with Crippen LogP contribution in [0.15, 0.2) is 53.3 Å². The Bertz CT molecular complexity index is 531. The molecule has 2 rings (SSSR count). The molecule has 0 saturated carbocycles. The van der Waals surface area contributed by atoms with E-state index in [1.54, 1.807) is 24.5 Å². The summed E-state index contributed by atoms with van der Waals surface area (Å²) in [5.74, 6) is 0. The van der Waals surface area contributed by atoms with E-state index in [2.05, 4.69) is 31.5 Å². The first-order chi connectivity index (χ1) is 8.74. The molecule has 1 aromatic heterocycles. The normalized spacial score (nSPS) is 9.83. The number of benzene rings is 1. The minimum Gasteiger partial charge on any atom is -0.334 e. The third-order valence-electron chi connectivity index (χ3n) is 2.28. The third kappa shape index (κ3) is 3.85. The Morgan fingerprint density at radius 2 is 2.00 bits per heavy atom. The summed E-state index contributed by atoms with van der Waals surface area (Å²) < 4.78 is 0.997. The molecule has 1 heterocycles. The maximum Gasteiger partial charge on any atom is 0.319 e. The minimum atomic E-state index is -0.235. The van der Waals surface area contributed by atoms with Crippen LogP contribution >= 0.6 is 15.9 Å². The molecule has 92 valence electrons. The van der Waals surface area contributed by atoms with Crippen LogP contribution in [-0.4, -0.2) is 11.0 Å². The molecule has 0 radical (unpaired) electrons. The molecule has 0 unspecified atom stereocenters. The summed E-state index contributed by atoms with van der Waals surface area (Å²) in [5.41, 5.74) is 1.76. The standard InChI is InChI=1S/C13H12BrN3O/c14-11-3-1-2-10(8-11)9-16-13(18)17-12-4-6-15-7-5-12/h1-8H,9H2,(H2,15,16,17,18). The van der Waals surface area contributed by atoms with Crippen molar-refractivity contribution in [1.29, 1.82) is 0 Å². The fourth-order valence-electron chi connectivity index (χ4n) is 1.44. The predicted octanol–water partition coefficient (Wildman–Crippen LogP) is 3.17. The zero-order valence-corrected chi connectivity index (χ0v) is 11.1. The van der Waals surface area contributed by atoms with E-state index < -0.39 is 0 Å². The van der Waals surface area contributed by atoms with Crippen LogP contribution in [-0.2, 0) is 6.54 Å². The van der Waals surface area contributed by atoms with Crippen molar-refractivity contribution in [2.75, 3.05) is 5.32 Å². The van der Waals surface area contributed by atoms with Crippen molar-refractivity contribution in [3.05, 3.63) is 58.8 Å². The number of hydrogen-bond donors (Lipinski definition) is 2. The lowest BCUT2D eigenvalue weighted by molar-refractivity contribution is 0.251. The molecule has 5 heteroatoms. The van der Waals surface area contributed by atoms with Crippen LogP contribution in [0, 0.1) is 0 Å². The lowest BCUT2D eigenvalue weighted by Gasteiger charge is -2.07. The van der Waals surface area contributed by atoms with E-state index in [1.165, 1.54) is 0 Å². The number of carbonyl (C=O) groups excluding carboxylic acids is 1. The number of aromatic nitrogens is 1. The summed E-state index contributed by atoms with van der Waals surface area (Å²) in [6.45, 7) is 0.482. The molecule has 0 aliphatic carbocycles. The van der Waals surface area contributed by atoms with Gasteiger partial charge in [-0.2, -0.15) is 0 Å². The fourth-order valence-corrected chi connectivity index (χ4v) is 1.89. The number of rotatable bonds is 3. The topological polar surface area (TPSA) is 54.0 Å². The molecule has 2 N–H and O–H groups in total. The maximum atomic E-state index is 11.6. The van der Waals surface area contributed by atoms with Gasteiger partial charge >= 0.3 is 6.03 Å². The number of carbonyl (C=O) groups is 1. The largest absolute Gasteiger partial charge is 0.334 e. The highest BCUT2D eigenvalue weighted by Gasteiger charge is 2.01. The van der Waals surface area contributed by atoms with E-state index in [-0.39, 0.29) is 6.03 Å². The van der Waals surface area contributed by atoms with Crippen molar-refractivity contribution in [2.45, 2.75) is 6.54 Å². The quantitative estimate of drug-likeness (QED) is 0.915. The van der Waals surface area contributed by atoms with Gasteiger partial charge in [0.15, 0.2) is 0 Å². The summed E-state index contributed by atoms with van der Waals surface area (Å²) in [7, 11) is 0. The number of urea groups is 1. The Labute approximate surface area is 114 Å². The van der Waals surface area contributed by atoms with E-state index in [1.807, 2.05) is 24.3 Å². The lowest BCUT2D eigenvalue weighted by atomic mass is 10.2.